The number of methoxy groups -OCH3 is 1. The zero-order valence-electron chi connectivity index (χ0n) is 12.6. The van der Waals surface area contributed by atoms with Gasteiger partial charge in [-0.15, -0.1) is 0 Å². The third kappa shape index (κ3) is 4.26. The largest absolute Gasteiger partial charge is 0.496 e. The van der Waals surface area contributed by atoms with Crippen LogP contribution in [0.2, 0.25) is 0 Å². The molecule has 0 aliphatic carbocycles. The van der Waals surface area contributed by atoms with Crippen LogP contribution in [-0.2, 0) is 16.0 Å². The second kappa shape index (κ2) is 7.35. The number of carbonyl (C=O) groups excluding carboxylic acids is 2. The molecule has 0 atom stereocenters. The van der Waals surface area contributed by atoms with Crippen molar-refractivity contribution in [2.75, 3.05) is 7.11 Å². The van der Waals surface area contributed by atoms with Crippen LogP contribution in [0, 0.1) is 0 Å². The predicted molar refractivity (Wildman–Crippen MR) is 83.8 cm³/mol. The normalized spacial score (nSPS) is 10.1. The lowest BCUT2D eigenvalue weighted by atomic mass is 9.99. The van der Waals surface area contributed by atoms with Crippen LogP contribution in [0.1, 0.15) is 27.9 Å². The molecular weight excluding hydrogens is 296 g/mol. The van der Waals surface area contributed by atoms with E-state index in [0.717, 1.165) is 16.9 Å². The number of ether oxygens (including phenoxy) is 1. The van der Waals surface area contributed by atoms with Crippen molar-refractivity contribution in [1.82, 2.24) is 0 Å². The van der Waals surface area contributed by atoms with Crippen molar-refractivity contribution in [2.45, 2.75) is 12.8 Å². The van der Waals surface area contributed by atoms with Gasteiger partial charge in [-0.3, -0.25) is 9.59 Å². The monoisotopic (exact) mass is 312 g/mol. The van der Waals surface area contributed by atoms with Gasteiger partial charge in [-0.1, -0.05) is 36.4 Å². The van der Waals surface area contributed by atoms with E-state index in [4.69, 9.17) is 9.84 Å². The maximum absolute atomic E-state index is 12.0. The first-order valence-corrected chi connectivity index (χ1v) is 7.01. The molecule has 0 heterocycles. The molecule has 0 bridgehead atoms. The summed E-state index contributed by atoms with van der Waals surface area (Å²) in [6.45, 7) is 0. The summed E-state index contributed by atoms with van der Waals surface area (Å²) in [6, 6.07) is 14.4. The summed E-state index contributed by atoms with van der Waals surface area (Å²) in [4.78, 5) is 33.7. The minimum Gasteiger partial charge on any atom is -0.496 e. The topological polar surface area (TPSA) is 80.7 Å². The van der Waals surface area contributed by atoms with Gasteiger partial charge >= 0.3 is 5.97 Å². The molecule has 0 fully saturated rings. The summed E-state index contributed by atoms with van der Waals surface area (Å²) in [5.41, 5.74) is 2.18. The maximum atomic E-state index is 12.0. The van der Waals surface area contributed by atoms with Gasteiger partial charge in [-0.2, -0.15) is 0 Å². The summed E-state index contributed by atoms with van der Waals surface area (Å²) >= 11 is 0. The van der Waals surface area contributed by atoms with E-state index in [1.165, 1.54) is 0 Å². The molecule has 5 nitrogen and oxygen atoms in total. The quantitative estimate of drug-likeness (QED) is 0.483. The van der Waals surface area contributed by atoms with E-state index in [-0.39, 0.29) is 0 Å². The van der Waals surface area contributed by atoms with Gasteiger partial charge in [0.2, 0.25) is 5.78 Å². The molecule has 5 heteroatoms. The molecule has 2 rings (SSSR count). The third-order valence-electron chi connectivity index (χ3n) is 3.40. The first-order valence-electron chi connectivity index (χ1n) is 7.01. The van der Waals surface area contributed by atoms with Gasteiger partial charge in [0.1, 0.15) is 5.75 Å². The van der Waals surface area contributed by atoms with Crippen LogP contribution in [0.5, 0.6) is 5.75 Å². The SMILES string of the molecule is COc1ccccc1Cc1cccc(C(=O)CC(=O)C(=O)O)c1. The Balaban J connectivity index is 2.18. The number of rotatable bonds is 7. The Kier molecular flexibility index (Phi) is 5.25. The summed E-state index contributed by atoms with van der Waals surface area (Å²) in [5, 5.41) is 8.57. The Morgan fingerprint density at radius 1 is 1.04 bits per heavy atom. The lowest BCUT2D eigenvalue weighted by Gasteiger charge is -2.09. The number of carboxylic acids is 1. The fraction of sp³-hybridized carbons (Fsp3) is 0.167. The molecule has 0 aromatic heterocycles. The highest BCUT2D eigenvalue weighted by Gasteiger charge is 2.18. The van der Waals surface area contributed by atoms with Gasteiger partial charge in [-0.25, -0.2) is 4.79 Å². The van der Waals surface area contributed by atoms with Crippen molar-refractivity contribution in [3.63, 3.8) is 0 Å². The van der Waals surface area contributed by atoms with Gasteiger partial charge < -0.3 is 9.84 Å². The summed E-state index contributed by atoms with van der Waals surface area (Å²) in [7, 11) is 1.59. The van der Waals surface area contributed by atoms with Crippen molar-refractivity contribution >= 4 is 17.5 Å². The first-order chi connectivity index (χ1) is 11.0. The number of carboxylic acid groups (broad SMARTS) is 1. The molecule has 2 aromatic rings. The van der Waals surface area contributed by atoms with Crippen LogP contribution in [-0.4, -0.2) is 29.8 Å². The van der Waals surface area contributed by atoms with Gasteiger partial charge in [0, 0.05) is 12.0 Å². The van der Waals surface area contributed by atoms with E-state index >= 15 is 0 Å². The minimum atomic E-state index is -1.59. The number of para-hydroxylation sites is 1. The lowest BCUT2D eigenvalue weighted by molar-refractivity contribution is -0.148. The molecule has 0 amide bonds. The van der Waals surface area contributed by atoms with Crippen molar-refractivity contribution in [3.8, 4) is 5.75 Å². The van der Waals surface area contributed by atoms with E-state index in [0.29, 0.717) is 12.0 Å². The predicted octanol–water partition coefficient (Wildman–Crippen LogP) is 2.51. The van der Waals surface area contributed by atoms with Crippen molar-refractivity contribution in [2.24, 2.45) is 0 Å². The number of benzene rings is 2. The molecule has 0 aliphatic heterocycles. The zero-order valence-corrected chi connectivity index (χ0v) is 12.6. The molecule has 118 valence electrons. The lowest BCUT2D eigenvalue weighted by Crippen LogP contribution is -2.17. The van der Waals surface area contributed by atoms with E-state index < -0.39 is 24.0 Å². The van der Waals surface area contributed by atoms with Crippen LogP contribution in [0.25, 0.3) is 0 Å². The number of carbonyl (C=O) groups is 3. The second-order valence-corrected chi connectivity index (χ2v) is 5.02. The molecule has 0 saturated carbocycles. The second-order valence-electron chi connectivity index (χ2n) is 5.02. The standard InChI is InChI=1S/C18H16O5/c1-23-17-8-3-2-6-14(17)10-12-5-4-7-13(9-12)15(19)11-16(20)18(21)22/h2-9H,10-11H2,1H3,(H,21,22). The van der Waals surface area contributed by atoms with Crippen molar-refractivity contribution in [1.29, 1.82) is 0 Å². The highest BCUT2D eigenvalue weighted by Crippen LogP contribution is 2.21. The van der Waals surface area contributed by atoms with E-state index in [9.17, 15) is 14.4 Å². The number of Topliss-reactive ketones (excluding diaryl/α,β-unsaturated/α-hetero) is 2. The highest BCUT2D eigenvalue weighted by molar-refractivity contribution is 6.37. The van der Waals surface area contributed by atoms with E-state index in [1.807, 2.05) is 30.3 Å². The zero-order chi connectivity index (χ0) is 16.8. The molecule has 1 N–H and O–H groups in total. The average molecular weight is 312 g/mol. The summed E-state index contributed by atoms with van der Waals surface area (Å²) in [6.07, 6.45) is -0.0640. The van der Waals surface area contributed by atoms with Crippen molar-refractivity contribution < 1.29 is 24.2 Å². The Bertz CT molecular complexity index is 749. The molecule has 0 spiro atoms. The fourth-order valence-electron chi connectivity index (χ4n) is 2.25. The number of hydrogen-bond acceptors (Lipinski definition) is 4. The van der Waals surface area contributed by atoms with E-state index in [2.05, 4.69) is 0 Å². The molecular formula is C18H16O5. The molecule has 0 aliphatic rings. The number of aliphatic carboxylic acids is 1. The van der Waals surface area contributed by atoms with Crippen LogP contribution >= 0.6 is 0 Å². The molecule has 0 radical (unpaired) electrons. The number of hydrogen-bond donors (Lipinski definition) is 1. The minimum absolute atomic E-state index is 0.326. The van der Waals surface area contributed by atoms with Crippen LogP contribution in [0.4, 0.5) is 0 Å². The van der Waals surface area contributed by atoms with Gasteiger partial charge in [-0.05, 0) is 23.3 Å². The Morgan fingerprint density at radius 2 is 1.78 bits per heavy atom. The first kappa shape index (κ1) is 16.4. The summed E-state index contributed by atoms with van der Waals surface area (Å²) < 4.78 is 5.30. The molecule has 23 heavy (non-hydrogen) atoms. The van der Waals surface area contributed by atoms with Crippen molar-refractivity contribution in [3.05, 3.63) is 65.2 Å². The smallest absolute Gasteiger partial charge is 0.372 e. The fourth-order valence-corrected chi connectivity index (χ4v) is 2.25. The Morgan fingerprint density at radius 3 is 2.48 bits per heavy atom. The van der Waals surface area contributed by atoms with Gasteiger partial charge in [0.25, 0.3) is 0 Å². The van der Waals surface area contributed by atoms with Gasteiger partial charge in [0.05, 0.1) is 13.5 Å². The Labute approximate surface area is 133 Å². The summed E-state index contributed by atoms with van der Waals surface area (Å²) in [5.74, 6) is -2.45. The molecule has 2 aromatic carbocycles. The van der Waals surface area contributed by atoms with E-state index in [1.54, 1.807) is 25.3 Å². The molecule has 0 unspecified atom stereocenters. The highest BCUT2D eigenvalue weighted by atomic mass is 16.5. The van der Waals surface area contributed by atoms with Crippen LogP contribution < -0.4 is 4.74 Å². The third-order valence-corrected chi connectivity index (χ3v) is 3.40. The Hall–Kier alpha value is -2.95. The molecule has 0 saturated heterocycles. The maximum Gasteiger partial charge on any atom is 0.372 e. The van der Waals surface area contributed by atoms with Crippen LogP contribution in [0.3, 0.4) is 0 Å². The number of ketones is 2. The average Bonchev–Trinajstić information content (AvgIpc) is 2.55. The van der Waals surface area contributed by atoms with Crippen LogP contribution in [0.15, 0.2) is 48.5 Å². The van der Waals surface area contributed by atoms with Gasteiger partial charge in [0.15, 0.2) is 5.78 Å².